The summed E-state index contributed by atoms with van der Waals surface area (Å²) in [5.41, 5.74) is 3.53. The number of rotatable bonds is 3. The maximum atomic E-state index is 6.21. The molecule has 0 aromatic heterocycles. The quantitative estimate of drug-likeness (QED) is 0.899. The smallest absolute Gasteiger partial charge is 0.127 e. The Hall–Kier alpha value is -2.04. The number of nitrogens with one attached hydrogen (secondary N) is 2. The normalized spacial score (nSPS) is 22.9. The molecule has 124 valence electrons. The number of aryl methyl sites for hydroxylation is 1. The molecule has 2 unspecified atom stereocenters. The number of halogens is 1. The molecule has 2 aliphatic heterocycles. The highest BCUT2D eigenvalue weighted by Crippen LogP contribution is 2.33. The summed E-state index contributed by atoms with van der Waals surface area (Å²) in [6.45, 7) is 4.86. The first-order valence-corrected chi connectivity index (χ1v) is 8.71. The van der Waals surface area contributed by atoms with Crippen molar-refractivity contribution < 1.29 is 0 Å². The molecule has 1 fully saturated rings. The zero-order valence-corrected chi connectivity index (χ0v) is 14.4. The monoisotopic (exact) mass is 340 g/mol. The lowest BCUT2D eigenvalue weighted by molar-refractivity contribution is 0.315. The molecule has 0 saturated carbocycles. The summed E-state index contributed by atoms with van der Waals surface area (Å²) < 4.78 is 0. The molecule has 2 aliphatic rings. The van der Waals surface area contributed by atoms with Crippen LogP contribution in [0.15, 0.2) is 53.5 Å². The lowest BCUT2D eigenvalue weighted by Gasteiger charge is -2.34. The van der Waals surface area contributed by atoms with Crippen molar-refractivity contribution in [2.45, 2.75) is 19.1 Å². The summed E-state index contributed by atoms with van der Waals surface area (Å²) in [7, 11) is 0. The molecule has 2 aromatic carbocycles. The lowest BCUT2D eigenvalue weighted by atomic mass is 10.0. The van der Waals surface area contributed by atoms with Crippen LogP contribution in [0.1, 0.15) is 17.2 Å². The van der Waals surface area contributed by atoms with E-state index < -0.39 is 0 Å². The zero-order valence-electron chi connectivity index (χ0n) is 13.7. The Bertz CT molecular complexity index is 756. The molecule has 4 rings (SSSR count). The number of hydrogen-bond donors (Lipinski definition) is 2. The van der Waals surface area contributed by atoms with Crippen LogP contribution in [0.5, 0.6) is 0 Å². The van der Waals surface area contributed by atoms with Crippen molar-refractivity contribution in [2.75, 3.05) is 25.0 Å². The maximum absolute atomic E-state index is 6.21. The molecule has 0 spiro atoms. The molecule has 0 radical (unpaired) electrons. The van der Waals surface area contributed by atoms with Gasteiger partial charge >= 0.3 is 0 Å². The van der Waals surface area contributed by atoms with E-state index in [1.807, 2.05) is 18.2 Å². The fourth-order valence-electron chi connectivity index (χ4n) is 3.38. The number of amidine groups is 1. The van der Waals surface area contributed by atoms with Gasteiger partial charge in [-0.3, -0.25) is 4.99 Å². The van der Waals surface area contributed by atoms with E-state index in [1.165, 1.54) is 5.56 Å². The molecule has 5 heteroatoms. The summed E-state index contributed by atoms with van der Waals surface area (Å²) in [5.74, 6) is 1.12. The van der Waals surface area contributed by atoms with Gasteiger partial charge in [-0.1, -0.05) is 41.4 Å². The van der Waals surface area contributed by atoms with Gasteiger partial charge < -0.3 is 15.5 Å². The van der Waals surface area contributed by atoms with E-state index in [1.54, 1.807) is 0 Å². The second-order valence-electron chi connectivity index (χ2n) is 6.37. The highest BCUT2D eigenvalue weighted by atomic mass is 35.5. The van der Waals surface area contributed by atoms with Gasteiger partial charge in [0, 0.05) is 23.8 Å². The lowest BCUT2D eigenvalue weighted by Crippen LogP contribution is -2.52. The number of benzene rings is 2. The molecular weight excluding hydrogens is 320 g/mol. The molecule has 0 amide bonds. The SMILES string of the molecule is Cc1ccc(NC2C(c3cccc(Cl)c3)N=C3CNCCN32)cc1. The minimum absolute atomic E-state index is 0.0416. The minimum atomic E-state index is 0.0416. The third-order valence-corrected chi connectivity index (χ3v) is 4.86. The summed E-state index contributed by atoms with van der Waals surface area (Å²) in [6.07, 6.45) is 0.114. The Balaban J connectivity index is 1.66. The van der Waals surface area contributed by atoms with E-state index in [0.717, 1.165) is 41.7 Å². The average Bonchev–Trinajstić information content (AvgIpc) is 2.96. The zero-order chi connectivity index (χ0) is 16.5. The first kappa shape index (κ1) is 15.5. The second kappa shape index (κ2) is 6.46. The van der Waals surface area contributed by atoms with Crippen molar-refractivity contribution in [1.29, 1.82) is 0 Å². The fourth-order valence-corrected chi connectivity index (χ4v) is 3.57. The van der Waals surface area contributed by atoms with Crippen LogP contribution in [0.2, 0.25) is 5.02 Å². The molecule has 0 bridgehead atoms. The van der Waals surface area contributed by atoms with Crippen LogP contribution >= 0.6 is 11.6 Å². The third kappa shape index (κ3) is 2.99. The van der Waals surface area contributed by atoms with Crippen molar-refractivity contribution in [1.82, 2.24) is 10.2 Å². The van der Waals surface area contributed by atoms with Gasteiger partial charge in [0.2, 0.25) is 0 Å². The highest BCUT2D eigenvalue weighted by Gasteiger charge is 2.38. The van der Waals surface area contributed by atoms with Gasteiger partial charge in [-0.2, -0.15) is 0 Å². The Morgan fingerprint density at radius 2 is 2.04 bits per heavy atom. The first-order valence-electron chi connectivity index (χ1n) is 8.33. The predicted molar refractivity (Wildman–Crippen MR) is 99.8 cm³/mol. The van der Waals surface area contributed by atoms with Crippen molar-refractivity contribution in [3.05, 3.63) is 64.7 Å². The van der Waals surface area contributed by atoms with E-state index in [-0.39, 0.29) is 12.2 Å². The molecule has 2 heterocycles. The topological polar surface area (TPSA) is 39.7 Å². The molecule has 4 nitrogen and oxygen atoms in total. The second-order valence-corrected chi connectivity index (χ2v) is 6.81. The van der Waals surface area contributed by atoms with Gasteiger partial charge in [0.15, 0.2) is 0 Å². The maximum Gasteiger partial charge on any atom is 0.127 e. The van der Waals surface area contributed by atoms with Crippen LogP contribution in [0.3, 0.4) is 0 Å². The van der Waals surface area contributed by atoms with Crippen molar-refractivity contribution in [2.24, 2.45) is 4.99 Å². The van der Waals surface area contributed by atoms with Crippen LogP contribution in [0.4, 0.5) is 5.69 Å². The number of hydrogen-bond acceptors (Lipinski definition) is 4. The summed E-state index contributed by atoms with van der Waals surface area (Å²) in [4.78, 5) is 7.35. The average molecular weight is 341 g/mol. The van der Waals surface area contributed by atoms with Crippen LogP contribution in [0.25, 0.3) is 0 Å². The fraction of sp³-hybridized carbons (Fsp3) is 0.316. The van der Waals surface area contributed by atoms with Crippen molar-refractivity contribution in [3.8, 4) is 0 Å². The van der Waals surface area contributed by atoms with Crippen LogP contribution in [-0.2, 0) is 0 Å². The van der Waals surface area contributed by atoms with E-state index >= 15 is 0 Å². The van der Waals surface area contributed by atoms with Gasteiger partial charge in [0.1, 0.15) is 18.0 Å². The van der Waals surface area contributed by atoms with E-state index in [2.05, 4.69) is 52.8 Å². The van der Waals surface area contributed by atoms with Crippen LogP contribution < -0.4 is 10.6 Å². The minimum Gasteiger partial charge on any atom is -0.363 e. The van der Waals surface area contributed by atoms with Crippen LogP contribution in [0, 0.1) is 6.92 Å². The van der Waals surface area contributed by atoms with E-state index in [0.29, 0.717) is 0 Å². The summed E-state index contributed by atoms with van der Waals surface area (Å²) >= 11 is 6.21. The van der Waals surface area contributed by atoms with Crippen LogP contribution in [-0.4, -0.2) is 36.5 Å². The van der Waals surface area contributed by atoms with E-state index in [9.17, 15) is 0 Å². The van der Waals surface area contributed by atoms with Gasteiger partial charge in [-0.15, -0.1) is 0 Å². The standard InChI is InChI=1S/C19H21ClN4/c1-13-5-7-16(8-6-13)22-19-18(14-3-2-4-15(20)11-14)23-17-12-21-9-10-24(17)19/h2-8,11,18-19,21-22H,9-10,12H2,1H3. The largest absolute Gasteiger partial charge is 0.363 e. The number of aliphatic imine (C=N–C) groups is 1. The van der Waals surface area contributed by atoms with E-state index in [4.69, 9.17) is 16.6 Å². The molecule has 2 aromatic rings. The van der Waals surface area contributed by atoms with Gasteiger partial charge in [0.25, 0.3) is 0 Å². The Kier molecular flexibility index (Phi) is 4.17. The number of nitrogens with zero attached hydrogens (tertiary/aromatic N) is 2. The number of anilines is 1. The molecule has 2 atom stereocenters. The molecule has 2 N–H and O–H groups in total. The summed E-state index contributed by atoms with van der Waals surface area (Å²) in [6, 6.07) is 16.6. The number of fused-ring (bicyclic) bond motifs is 1. The predicted octanol–water partition coefficient (Wildman–Crippen LogP) is 3.45. The highest BCUT2D eigenvalue weighted by molar-refractivity contribution is 6.30. The first-order chi connectivity index (χ1) is 11.7. The van der Waals surface area contributed by atoms with Gasteiger partial charge in [-0.05, 0) is 36.8 Å². The van der Waals surface area contributed by atoms with Gasteiger partial charge in [0.05, 0.1) is 6.54 Å². The Morgan fingerprint density at radius 1 is 1.21 bits per heavy atom. The molecule has 0 aliphatic carbocycles. The Labute approximate surface area is 147 Å². The summed E-state index contributed by atoms with van der Waals surface area (Å²) in [5, 5.41) is 7.84. The van der Waals surface area contributed by atoms with Gasteiger partial charge in [-0.25, -0.2) is 0 Å². The Morgan fingerprint density at radius 3 is 2.83 bits per heavy atom. The van der Waals surface area contributed by atoms with Crippen molar-refractivity contribution in [3.63, 3.8) is 0 Å². The molecular formula is C19H21ClN4. The molecule has 24 heavy (non-hydrogen) atoms. The number of piperazine rings is 1. The van der Waals surface area contributed by atoms with Crippen molar-refractivity contribution >= 4 is 23.1 Å². The third-order valence-electron chi connectivity index (χ3n) is 4.62. The molecule has 1 saturated heterocycles.